The Labute approximate surface area is 152 Å². The van der Waals surface area contributed by atoms with E-state index in [1.165, 1.54) is 0 Å². The summed E-state index contributed by atoms with van der Waals surface area (Å²) in [6, 6.07) is 14.2. The fraction of sp³-hybridized carbons (Fsp3) is 0.238. The minimum atomic E-state index is -0.443. The summed E-state index contributed by atoms with van der Waals surface area (Å²) >= 11 is 0. The average Bonchev–Trinajstić information content (AvgIpc) is 3.50. The molecular weight excluding hydrogens is 332 g/mol. The van der Waals surface area contributed by atoms with Crippen LogP contribution >= 0.6 is 0 Å². The third-order valence-corrected chi connectivity index (χ3v) is 3.99. The highest BCUT2D eigenvalue weighted by molar-refractivity contribution is 5.91. The lowest BCUT2D eigenvalue weighted by atomic mass is 10.1. The van der Waals surface area contributed by atoms with Gasteiger partial charge in [0.05, 0.1) is 12.2 Å². The summed E-state index contributed by atoms with van der Waals surface area (Å²) in [4.78, 5) is 24.1. The largest absolute Gasteiger partial charge is 0.463 e. The first-order valence-electron chi connectivity index (χ1n) is 8.45. The van der Waals surface area contributed by atoms with Gasteiger partial charge in [-0.05, 0) is 35.7 Å². The maximum Gasteiger partial charge on any atom is 0.343 e. The van der Waals surface area contributed by atoms with E-state index >= 15 is 0 Å². The van der Waals surface area contributed by atoms with E-state index in [0.717, 1.165) is 11.1 Å². The van der Waals surface area contributed by atoms with Gasteiger partial charge in [-0.25, -0.2) is 4.79 Å². The summed E-state index contributed by atoms with van der Waals surface area (Å²) in [5.41, 5.74) is 2.16. The molecule has 1 unspecified atom stereocenters. The Morgan fingerprint density at radius 2 is 1.88 bits per heavy atom. The van der Waals surface area contributed by atoms with Gasteiger partial charge in [0.15, 0.2) is 0 Å². The predicted molar refractivity (Wildman–Crippen MR) is 97.0 cm³/mol. The number of para-hydroxylation sites is 1. The SMILES string of the molecule is C=Cc1ccc(C(=O)Oc2ccccc2CCC(=O)OCC2CO2)cc1. The van der Waals surface area contributed by atoms with Crippen LogP contribution in [0.5, 0.6) is 5.75 Å². The number of hydrogen-bond donors (Lipinski definition) is 0. The van der Waals surface area contributed by atoms with Crippen molar-refractivity contribution in [3.63, 3.8) is 0 Å². The van der Waals surface area contributed by atoms with Gasteiger partial charge in [-0.2, -0.15) is 0 Å². The first kappa shape index (κ1) is 17.9. The van der Waals surface area contributed by atoms with Crippen molar-refractivity contribution in [1.82, 2.24) is 0 Å². The summed E-state index contributed by atoms with van der Waals surface area (Å²) in [5, 5.41) is 0. The number of benzene rings is 2. The van der Waals surface area contributed by atoms with Crippen LogP contribution in [0.25, 0.3) is 6.08 Å². The fourth-order valence-electron chi connectivity index (χ4n) is 2.38. The summed E-state index contributed by atoms with van der Waals surface area (Å²) in [5.74, 6) is -0.285. The van der Waals surface area contributed by atoms with E-state index in [1.807, 2.05) is 12.1 Å². The highest BCUT2D eigenvalue weighted by atomic mass is 16.6. The second-order valence-corrected chi connectivity index (χ2v) is 5.96. The first-order chi connectivity index (χ1) is 12.7. The molecule has 0 N–H and O–H groups in total. The molecule has 1 fully saturated rings. The van der Waals surface area contributed by atoms with E-state index in [9.17, 15) is 9.59 Å². The standard InChI is InChI=1S/C21H20O5/c1-2-15-7-9-17(10-8-15)21(23)26-19-6-4-3-5-16(19)11-12-20(22)25-14-18-13-24-18/h2-10,18H,1,11-14H2. The Balaban J connectivity index is 1.59. The molecule has 2 aromatic carbocycles. The zero-order valence-electron chi connectivity index (χ0n) is 14.4. The van der Waals surface area contributed by atoms with Crippen LogP contribution in [0.15, 0.2) is 55.1 Å². The minimum Gasteiger partial charge on any atom is -0.463 e. The van der Waals surface area contributed by atoms with E-state index in [1.54, 1.807) is 42.5 Å². The molecule has 5 heteroatoms. The van der Waals surface area contributed by atoms with E-state index < -0.39 is 5.97 Å². The van der Waals surface area contributed by atoms with Gasteiger partial charge in [0.25, 0.3) is 0 Å². The maximum atomic E-state index is 12.3. The fourth-order valence-corrected chi connectivity index (χ4v) is 2.38. The monoisotopic (exact) mass is 352 g/mol. The summed E-state index contributed by atoms with van der Waals surface area (Å²) < 4.78 is 15.6. The van der Waals surface area contributed by atoms with Gasteiger partial charge in [-0.1, -0.05) is 43.0 Å². The normalized spacial score (nSPS) is 15.2. The van der Waals surface area contributed by atoms with Gasteiger partial charge in [0, 0.05) is 6.42 Å². The van der Waals surface area contributed by atoms with Crippen molar-refractivity contribution in [3.05, 3.63) is 71.8 Å². The van der Waals surface area contributed by atoms with Crippen molar-refractivity contribution in [3.8, 4) is 5.75 Å². The molecule has 1 heterocycles. The van der Waals surface area contributed by atoms with Crippen LogP contribution in [-0.2, 0) is 20.7 Å². The van der Waals surface area contributed by atoms with Gasteiger partial charge in [-0.3, -0.25) is 4.79 Å². The van der Waals surface area contributed by atoms with Crippen LogP contribution in [0, 0.1) is 0 Å². The molecule has 3 rings (SSSR count). The van der Waals surface area contributed by atoms with Gasteiger partial charge in [0.2, 0.25) is 0 Å². The highest BCUT2D eigenvalue weighted by Crippen LogP contribution is 2.21. The molecule has 1 atom stereocenters. The molecule has 1 aliphatic rings. The number of ether oxygens (including phenoxy) is 3. The number of carbonyl (C=O) groups is 2. The second-order valence-electron chi connectivity index (χ2n) is 5.96. The average molecular weight is 352 g/mol. The van der Waals surface area contributed by atoms with Gasteiger partial charge >= 0.3 is 11.9 Å². The molecular formula is C21H20O5. The van der Waals surface area contributed by atoms with Gasteiger partial charge in [0.1, 0.15) is 18.5 Å². The Morgan fingerprint density at radius 3 is 2.58 bits per heavy atom. The van der Waals surface area contributed by atoms with Crippen molar-refractivity contribution in [2.45, 2.75) is 18.9 Å². The number of aryl methyl sites for hydroxylation is 1. The molecule has 0 bridgehead atoms. The lowest BCUT2D eigenvalue weighted by molar-refractivity contribution is -0.144. The van der Waals surface area contributed by atoms with Crippen molar-refractivity contribution < 1.29 is 23.8 Å². The van der Waals surface area contributed by atoms with E-state index in [-0.39, 0.29) is 18.5 Å². The quantitative estimate of drug-likeness (QED) is 0.414. The van der Waals surface area contributed by atoms with Gasteiger partial charge in [-0.15, -0.1) is 0 Å². The van der Waals surface area contributed by atoms with E-state index in [4.69, 9.17) is 14.2 Å². The minimum absolute atomic E-state index is 0.0552. The molecule has 5 nitrogen and oxygen atoms in total. The molecule has 134 valence electrons. The molecule has 1 saturated heterocycles. The zero-order chi connectivity index (χ0) is 18.4. The van der Waals surface area contributed by atoms with Crippen LogP contribution in [0.3, 0.4) is 0 Å². The molecule has 0 aromatic heterocycles. The topological polar surface area (TPSA) is 65.1 Å². The van der Waals surface area contributed by atoms with Crippen molar-refractivity contribution in [2.75, 3.05) is 13.2 Å². The summed E-state index contributed by atoms with van der Waals surface area (Å²) in [6.07, 6.45) is 2.41. The first-order valence-corrected chi connectivity index (χ1v) is 8.45. The number of esters is 2. The zero-order valence-corrected chi connectivity index (χ0v) is 14.4. The maximum absolute atomic E-state index is 12.3. The molecule has 2 aromatic rings. The van der Waals surface area contributed by atoms with Crippen molar-refractivity contribution >= 4 is 18.0 Å². The third-order valence-electron chi connectivity index (χ3n) is 3.99. The molecule has 0 aliphatic carbocycles. The van der Waals surface area contributed by atoms with E-state index in [2.05, 4.69) is 6.58 Å². The molecule has 0 radical (unpaired) electrons. The van der Waals surface area contributed by atoms with Crippen molar-refractivity contribution in [2.24, 2.45) is 0 Å². The highest BCUT2D eigenvalue weighted by Gasteiger charge is 2.24. The van der Waals surface area contributed by atoms with Crippen LogP contribution in [0.2, 0.25) is 0 Å². The van der Waals surface area contributed by atoms with Crippen LogP contribution in [0.1, 0.15) is 27.9 Å². The molecule has 1 aliphatic heterocycles. The van der Waals surface area contributed by atoms with E-state index in [0.29, 0.717) is 30.9 Å². The Kier molecular flexibility index (Phi) is 5.81. The summed E-state index contributed by atoms with van der Waals surface area (Å²) in [6.45, 7) is 4.64. The third kappa shape index (κ3) is 5.04. The van der Waals surface area contributed by atoms with Crippen LogP contribution in [-0.4, -0.2) is 31.3 Å². The smallest absolute Gasteiger partial charge is 0.343 e. The summed E-state index contributed by atoms with van der Waals surface area (Å²) in [7, 11) is 0. The second kappa shape index (κ2) is 8.45. The van der Waals surface area contributed by atoms with Crippen LogP contribution in [0.4, 0.5) is 0 Å². The Hall–Kier alpha value is -2.92. The lowest BCUT2D eigenvalue weighted by Crippen LogP contribution is -2.12. The molecule has 0 spiro atoms. The number of hydrogen-bond acceptors (Lipinski definition) is 5. The van der Waals surface area contributed by atoms with Crippen LogP contribution < -0.4 is 4.74 Å². The molecule has 0 saturated carbocycles. The Bertz CT molecular complexity index is 790. The molecule has 26 heavy (non-hydrogen) atoms. The van der Waals surface area contributed by atoms with Crippen molar-refractivity contribution in [1.29, 1.82) is 0 Å². The number of carbonyl (C=O) groups excluding carboxylic acids is 2. The Morgan fingerprint density at radius 1 is 1.15 bits per heavy atom. The predicted octanol–water partition coefficient (Wildman–Crippen LogP) is 3.42. The lowest BCUT2D eigenvalue weighted by Gasteiger charge is -2.10. The van der Waals surface area contributed by atoms with Gasteiger partial charge < -0.3 is 14.2 Å². The number of rotatable bonds is 8. The molecule has 0 amide bonds. The number of epoxide rings is 1.